The molecule has 1 atom stereocenters. The Hall–Kier alpha value is -2.40. The van der Waals surface area contributed by atoms with E-state index in [1.807, 2.05) is 13.8 Å². The van der Waals surface area contributed by atoms with Crippen molar-refractivity contribution < 1.29 is 19.0 Å². The first-order chi connectivity index (χ1) is 11.0. The molecule has 2 N–H and O–H groups in total. The lowest BCUT2D eigenvalue weighted by molar-refractivity contribution is 0.0916. The van der Waals surface area contributed by atoms with E-state index < -0.39 is 11.9 Å². The highest BCUT2D eigenvalue weighted by molar-refractivity contribution is 5.94. The zero-order valence-electron chi connectivity index (χ0n) is 13.1. The Balaban J connectivity index is 1.90. The van der Waals surface area contributed by atoms with E-state index in [0.29, 0.717) is 11.1 Å². The fourth-order valence-corrected chi connectivity index (χ4v) is 2.05. The van der Waals surface area contributed by atoms with Gasteiger partial charge in [-0.1, -0.05) is 12.1 Å². The number of carbonyl (C=O) groups is 1. The Morgan fingerprint density at radius 1 is 1.13 bits per heavy atom. The van der Waals surface area contributed by atoms with Gasteiger partial charge >= 0.3 is 0 Å². The van der Waals surface area contributed by atoms with Gasteiger partial charge < -0.3 is 15.2 Å². The van der Waals surface area contributed by atoms with Gasteiger partial charge in [-0.15, -0.1) is 0 Å². The first-order valence-corrected chi connectivity index (χ1v) is 7.44. The fourth-order valence-electron chi connectivity index (χ4n) is 2.05. The summed E-state index contributed by atoms with van der Waals surface area (Å²) in [7, 11) is 0. The van der Waals surface area contributed by atoms with Crippen LogP contribution in [-0.4, -0.2) is 23.7 Å². The minimum absolute atomic E-state index is 0.0700. The molecule has 5 heteroatoms. The second kappa shape index (κ2) is 7.74. The lowest BCUT2D eigenvalue weighted by Crippen LogP contribution is -2.28. The SMILES string of the molecule is CC(C)Oc1ccc(C(O)CNC(=O)c2ccc(F)cc2)cc1. The summed E-state index contributed by atoms with van der Waals surface area (Å²) < 4.78 is 18.3. The molecule has 2 rings (SSSR count). The van der Waals surface area contributed by atoms with Crippen molar-refractivity contribution in [3.05, 3.63) is 65.5 Å². The number of halogens is 1. The summed E-state index contributed by atoms with van der Waals surface area (Å²) in [6.07, 6.45) is -0.742. The highest BCUT2D eigenvalue weighted by Gasteiger charge is 2.11. The molecule has 0 saturated heterocycles. The van der Waals surface area contributed by atoms with E-state index in [4.69, 9.17) is 4.74 Å². The normalized spacial score (nSPS) is 12.0. The van der Waals surface area contributed by atoms with E-state index in [1.165, 1.54) is 24.3 Å². The van der Waals surface area contributed by atoms with Gasteiger partial charge in [-0.05, 0) is 55.8 Å². The van der Waals surface area contributed by atoms with E-state index in [2.05, 4.69) is 5.32 Å². The van der Waals surface area contributed by atoms with Crippen molar-refractivity contribution in [2.24, 2.45) is 0 Å². The lowest BCUT2D eigenvalue weighted by Gasteiger charge is -2.14. The molecule has 0 radical (unpaired) electrons. The molecule has 0 spiro atoms. The van der Waals surface area contributed by atoms with Crippen molar-refractivity contribution in [1.82, 2.24) is 5.32 Å². The molecule has 0 heterocycles. The molecular weight excluding hydrogens is 297 g/mol. The minimum Gasteiger partial charge on any atom is -0.491 e. The highest BCUT2D eigenvalue weighted by Crippen LogP contribution is 2.18. The number of aliphatic hydroxyl groups excluding tert-OH is 1. The van der Waals surface area contributed by atoms with Gasteiger partial charge in [-0.3, -0.25) is 4.79 Å². The number of hydrogen-bond acceptors (Lipinski definition) is 3. The maximum atomic E-state index is 12.8. The van der Waals surface area contributed by atoms with E-state index in [9.17, 15) is 14.3 Å². The molecular formula is C18H20FNO3. The van der Waals surface area contributed by atoms with E-state index in [-0.39, 0.29) is 18.6 Å². The van der Waals surface area contributed by atoms with Crippen molar-refractivity contribution in [2.75, 3.05) is 6.54 Å². The van der Waals surface area contributed by atoms with Crippen molar-refractivity contribution in [3.8, 4) is 5.75 Å². The second-order valence-corrected chi connectivity index (χ2v) is 5.47. The molecule has 1 unspecified atom stereocenters. The van der Waals surface area contributed by atoms with Crippen LogP contribution in [0.2, 0.25) is 0 Å². The molecule has 23 heavy (non-hydrogen) atoms. The average Bonchev–Trinajstić information content (AvgIpc) is 2.53. The third-order valence-electron chi connectivity index (χ3n) is 3.20. The van der Waals surface area contributed by atoms with Crippen LogP contribution in [0.3, 0.4) is 0 Å². The summed E-state index contributed by atoms with van der Waals surface area (Å²) in [6.45, 7) is 3.95. The number of aliphatic hydroxyl groups is 1. The molecule has 0 fully saturated rings. The molecule has 0 aliphatic heterocycles. The summed E-state index contributed by atoms with van der Waals surface area (Å²) in [4.78, 5) is 11.9. The van der Waals surface area contributed by atoms with Gasteiger partial charge in [0, 0.05) is 12.1 Å². The van der Waals surface area contributed by atoms with Crippen molar-refractivity contribution >= 4 is 5.91 Å². The molecule has 0 bridgehead atoms. The minimum atomic E-state index is -0.826. The standard InChI is InChI=1S/C18H20FNO3/c1-12(2)23-16-9-5-13(6-10-16)17(21)11-20-18(22)14-3-7-15(19)8-4-14/h3-10,12,17,21H,11H2,1-2H3,(H,20,22). The van der Waals surface area contributed by atoms with Gasteiger partial charge in [-0.25, -0.2) is 4.39 Å². The molecule has 0 aliphatic carbocycles. The van der Waals surface area contributed by atoms with Gasteiger partial charge in [-0.2, -0.15) is 0 Å². The van der Waals surface area contributed by atoms with E-state index in [1.54, 1.807) is 24.3 Å². The molecule has 122 valence electrons. The quantitative estimate of drug-likeness (QED) is 0.861. The van der Waals surface area contributed by atoms with Crippen LogP contribution < -0.4 is 10.1 Å². The van der Waals surface area contributed by atoms with E-state index in [0.717, 1.165) is 5.75 Å². The van der Waals surface area contributed by atoms with Gasteiger partial charge in [0.25, 0.3) is 5.91 Å². The molecule has 0 saturated carbocycles. The predicted octanol–water partition coefficient (Wildman–Crippen LogP) is 3.08. The van der Waals surface area contributed by atoms with Crippen LogP contribution in [0.5, 0.6) is 5.75 Å². The maximum Gasteiger partial charge on any atom is 0.251 e. The second-order valence-electron chi connectivity index (χ2n) is 5.47. The van der Waals surface area contributed by atoms with Gasteiger partial charge in [0.1, 0.15) is 11.6 Å². The van der Waals surface area contributed by atoms with Crippen LogP contribution in [0.1, 0.15) is 35.9 Å². The number of benzene rings is 2. The molecule has 2 aromatic rings. The van der Waals surface area contributed by atoms with E-state index >= 15 is 0 Å². The van der Waals surface area contributed by atoms with Crippen molar-refractivity contribution in [2.45, 2.75) is 26.1 Å². The number of nitrogens with one attached hydrogen (secondary N) is 1. The van der Waals surface area contributed by atoms with Crippen molar-refractivity contribution in [3.63, 3.8) is 0 Å². The lowest BCUT2D eigenvalue weighted by atomic mass is 10.1. The number of carbonyl (C=O) groups excluding carboxylic acids is 1. The van der Waals surface area contributed by atoms with Crippen LogP contribution in [0.4, 0.5) is 4.39 Å². The number of rotatable bonds is 6. The number of hydrogen-bond donors (Lipinski definition) is 2. The van der Waals surface area contributed by atoms with Crippen LogP contribution in [0, 0.1) is 5.82 Å². The first kappa shape index (κ1) is 17.0. The largest absolute Gasteiger partial charge is 0.491 e. The van der Waals surface area contributed by atoms with Crippen molar-refractivity contribution in [1.29, 1.82) is 0 Å². The third-order valence-corrected chi connectivity index (χ3v) is 3.20. The predicted molar refractivity (Wildman–Crippen MR) is 85.9 cm³/mol. The third kappa shape index (κ3) is 5.07. The Labute approximate surface area is 134 Å². The Morgan fingerprint density at radius 2 is 1.74 bits per heavy atom. The molecule has 2 aromatic carbocycles. The Bertz CT molecular complexity index is 638. The van der Waals surface area contributed by atoms with Gasteiger partial charge in [0.05, 0.1) is 12.2 Å². The maximum absolute atomic E-state index is 12.8. The summed E-state index contributed by atoms with van der Waals surface area (Å²) in [6, 6.07) is 12.3. The average molecular weight is 317 g/mol. The molecule has 4 nitrogen and oxygen atoms in total. The zero-order chi connectivity index (χ0) is 16.8. The molecule has 1 amide bonds. The summed E-state index contributed by atoms with van der Waals surface area (Å²) in [5, 5.41) is 12.7. The Kier molecular flexibility index (Phi) is 5.71. The summed E-state index contributed by atoms with van der Waals surface area (Å²) >= 11 is 0. The van der Waals surface area contributed by atoms with Gasteiger partial charge in [0.2, 0.25) is 0 Å². The Morgan fingerprint density at radius 3 is 2.30 bits per heavy atom. The topological polar surface area (TPSA) is 58.6 Å². The fraction of sp³-hybridized carbons (Fsp3) is 0.278. The highest BCUT2D eigenvalue weighted by atomic mass is 19.1. The first-order valence-electron chi connectivity index (χ1n) is 7.44. The van der Waals surface area contributed by atoms with Crippen LogP contribution >= 0.6 is 0 Å². The molecule has 0 aliphatic rings. The van der Waals surface area contributed by atoms with Crippen LogP contribution in [0.25, 0.3) is 0 Å². The monoisotopic (exact) mass is 317 g/mol. The number of ether oxygens (including phenoxy) is 1. The summed E-state index contributed by atoms with van der Waals surface area (Å²) in [5.41, 5.74) is 1.03. The van der Waals surface area contributed by atoms with Crippen LogP contribution in [-0.2, 0) is 0 Å². The zero-order valence-corrected chi connectivity index (χ0v) is 13.1. The number of amides is 1. The van der Waals surface area contributed by atoms with Gasteiger partial charge in [0.15, 0.2) is 0 Å². The summed E-state index contributed by atoms with van der Waals surface area (Å²) in [5.74, 6) is -0.0274. The molecule has 0 aromatic heterocycles. The smallest absolute Gasteiger partial charge is 0.251 e. The van der Waals surface area contributed by atoms with Crippen LogP contribution in [0.15, 0.2) is 48.5 Å².